The molecule has 0 atom stereocenters. The second-order valence-corrected chi connectivity index (χ2v) is 6.04. The van der Waals surface area contributed by atoms with Gasteiger partial charge >= 0.3 is 0 Å². The minimum Gasteiger partial charge on any atom is -0.282 e. The van der Waals surface area contributed by atoms with Crippen molar-refractivity contribution in [3.8, 4) is 0 Å². The maximum Gasteiger partial charge on any atom is 0.290 e. The lowest BCUT2D eigenvalue weighted by Crippen LogP contribution is -2.17. The molecule has 19 heavy (non-hydrogen) atoms. The molecule has 4 heteroatoms. The van der Waals surface area contributed by atoms with E-state index in [9.17, 15) is 9.59 Å². The predicted molar refractivity (Wildman–Crippen MR) is 81.1 cm³/mol. The van der Waals surface area contributed by atoms with Crippen LogP contribution in [0, 0.1) is 0 Å². The van der Waals surface area contributed by atoms with Gasteiger partial charge in [0.2, 0.25) is 0 Å². The first-order chi connectivity index (χ1) is 9.24. The maximum absolute atomic E-state index is 11.3. The van der Waals surface area contributed by atoms with E-state index >= 15 is 0 Å². The molecule has 1 heterocycles. The van der Waals surface area contributed by atoms with Gasteiger partial charge in [-0.1, -0.05) is 64.4 Å². The Balaban J connectivity index is 1.93. The van der Waals surface area contributed by atoms with Crippen LogP contribution in [0.25, 0.3) is 0 Å². The first-order valence-corrected chi connectivity index (χ1v) is 8.29. The summed E-state index contributed by atoms with van der Waals surface area (Å²) in [5.41, 5.74) is 0. The number of nitrogens with one attached hydrogen (secondary N) is 1. The Morgan fingerprint density at radius 2 is 1.53 bits per heavy atom. The fraction of sp³-hybridized carbons (Fsp3) is 0.733. The highest BCUT2D eigenvalue weighted by molar-refractivity contribution is 8.18. The lowest BCUT2D eigenvalue weighted by Gasteiger charge is -2.00. The third-order valence-corrected chi connectivity index (χ3v) is 4.14. The summed E-state index contributed by atoms with van der Waals surface area (Å²) in [6, 6.07) is 0. The lowest BCUT2D eigenvalue weighted by molar-refractivity contribution is -0.115. The van der Waals surface area contributed by atoms with Gasteiger partial charge in [-0.2, -0.15) is 0 Å². The summed E-state index contributed by atoms with van der Waals surface area (Å²) in [5.74, 6) is -0.231. The van der Waals surface area contributed by atoms with Crippen molar-refractivity contribution in [2.75, 3.05) is 0 Å². The van der Waals surface area contributed by atoms with Crippen LogP contribution < -0.4 is 5.32 Å². The van der Waals surface area contributed by atoms with Crippen LogP contribution in [0.1, 0.15) is 71.1 Å². The summed E-state index contributed by atoms with van der Waals surface area (Å²) >= 11 is 1.01. The molecular formula is C15H25NO2S. The van der Waals surface area contributed by atoms with E-state index in [4.69, 9.17) is 0 Å². The largest absolute Gasteiger partial charge is 0.290 e. The monoisotopic (exact) mass is 283 g/mol. The van der Waals surface area contributed by atoms with Crippen molar-refractivity contribution in [3.05, 3.63) is 11.0 Å². The first kappa shape index (κ1) is 16.3. The number of carbonyl (C=O) groups is 2. The second kappa shape index (κ2) is 10.1. The molecule has 0 unspecified atom stereocenters. The molecule has 1 saturated heterocycles. The third kappa shape index (κ3) is 7.41. The van der Waals surface area contributed by atoms with E-state index in [1.807, 2.05) is 6.08 Å². The Morgan fingerprint density at radius 3 is 2.05 bits per heavy atom. The predicted octanol–water partition coefficient (Wildman–Crippen LogP) is 4.77. The van der Waals surface area contributed by atoms with Crippen molar-refractivity contribution in [3.63, 3.8) is 0 Å². The van der Waals surface area contributed by atoms with Crippen LogP contribution in [-0.2, 0) is 4.79 Å². The highest BCUT2D eigenvalue weighted by Crippen LogP contribution is 2.23. The summed E-state index contributed by atoms with van der Waals surface area (Å²) in [7, 11) is 0. The van der Waals surface area contributed by atoms with Crippen LogP contribution in [0.3, 0.4) is 0 Å². The van der Waals surface area contributed by atoms with Crippen LogP contribution in [0.5, 0.6) is 0 Å². The number of imide groups is 1. The molecule has 1 aliphatic rings. The number of amides is 2. The molecule has 1 rings (SSSR count). The van der Waals surface area contributed by atoms with Crippen molar-refractivity contribution < 1.29 is 9.59 Å². The highest BCUT2D eigenvalue weighted by Gasteiger charge is 2.24. The molecule has 1 aliphatic heterocycles. The van der Waals surface area contributed by atoms with Crippen molar-refractivity contribution in [2.24, 2.45) is 0 Å². The van der Waals surface area contributed by atoms with Gasteiger partial charge in [-0.3, -0.25) is 14.9 Å². The van der Waals surface area contributed by atoms with Crippen LogP contribution in [0.15, 0.2) is 11.0 Å². The molecule has 3 nitrogen and oxygen atoms in total. The summed E-state index contributed by atoms with van der Waals surface area (Å²) < 4.78 is 0. The van der Waals surface area contributed by atoms with E-state index in [-0.39, 0.29) is 11.1 Å². The standard InChI is InChI=1S/C15H25NO2S/c1-2-3-4-5-6-7-8-9-10-11-12-13-14(17)16-15(18)19-13/h12H,2-11H2,1H3,(H,16,17,18)/b13-12-. The van der Waals surface area contributed by atoms with Crippen LogP contribution in [0.4, 0.5) is 4.79 Å². The van der Waals surface area contributed by atoms with E-state index < -0.39 is 0 Å². The number of carbonyl (C=O) groups excluding carboxylic acids is 2. The fourth-order valence-electron chi connectivity index (χ4n) is 2.15. The minimum atomic E-state index is -0.247. The van der Waals surface area contributed by atoms with Gasteiger partial charge in [-0.25, -0.2) is 0 Å². The molecule has 0 aromatic carbocycles. The van der Waals surface area contributed by atoms with Gasteiger partial charge in [-0.15, -0.1) is 0 Å². The van der Waals surface area contributed by atoms with Crippen LogP contribution in [0.2, 0.25) is 0 Å². The van der Waals surface area contributed by atoms with E-state index in [0.717, 1.165) is 24.6 Å². The number of hydrogen-bond donors (Lipinski definition) is 1. The van der Waals surface area contributed by atoms with Gasteiger partial charge < -0.3 is 0 Å². The Hall–Kier alpha value is -0.770. The van der Waals surface area contributed by atoms with Gasteiger partial charge in [0.05, 0.1) is 4.91 Å². The lowest BCUT2D eigenvalue weighted by atomic mass is 10.1. The van der Waals surface area contributed by atoms with Crippen molar-refractivity contribution >= 4 is 22.9 Å². The molecule has 0 saturated carbocycles. The zero-order valence-electron chi connectivity index (χ0n) is 11.9. The first-order valence-electron chi connectivity index (χ1n) is 7.47. The number of hydrogen-bond acceptors (Lipinski definition) is 3. The van der Waals surface area contributed by atoms with E-state index in [0.29, 0.717) is 4.91 Å². The molecule has 0 aromatic heterocycles. The number of allylic oxidation sites excluding steroid dienone is 1. The maximum atomic E-state index is 11.3. The van der Waals surface area contributed by atoms with Crippen LogP contribution >= 0.6 is 11.8 Å². The van der Waals surface area contributed by atoms with E-state index in [1.165, 1.54) is 51.4 Å². The Morgan fingerprint density at radius 1 is 0.947 bits per heavy atom. The average Bonchev–Trinajstić information content (AvgIpc) is 2.70. The molecule has 0 aliphatic carbocycles. The van der Waals surface area contributed by atoms with Gasteiger partial charge in [-0.05, 0) is 24.6 Å². The summed E-state index contributed by atoms with van der Waals surface area (Å²) in [4.78, 5) is 22.8. The summed E-state index contributed by atoms with van der Waals surface area (Å²) in [6.45, 7) is 2.24. The van der Waals surface area contributed by atoms with Crippen molar-refractivity contribution in [1.29, 1.82) is 0 Å². The highest BCUT2D eigenvalue weighted by atomic mass is 32.2. The van der Waals surface area contributed by atoms with E-state index in [2.05, 4.69) is 12.2 Å². The number of rotatable bonds is 10. The molecule has 108 valence electrons. The van der Waals surface area contributed by atoms with Gasteiger partial charge in [0.25, 0.3) is 11.1 Å². The second-order valence-electron chi connectivity index (χ2n) is 5.03. The third-order valence-electron chi connectivity index (χ3n) is 3.28. The van der Waals surface area contributed by atoms with Crippen molar-refractivity contribution in [2.45, 2.75) is 71.1 Å². The zero-order chi connectivity index (χ0) is 13.9. The molecular weight excluding hydrogens is 258 g/mol. The molecule has 0 radical (unpaired) electrons. The van der Waals surface area contributed by atoms with Gasteiger partial charge in [0.1, 0.15) is 0 Å². The Bertz CT molecular complexity index is 326. The van der Waals surface area contributed by atoms with Crippen LogP contribution in [-0.4, -0.2) is 11.1 Å². The van der Waals surface area contributed by atoms with Gasteiger partial charge in [0.15, 0.2) is 0 Å². The molecule has 2 amide bonds. The van der Waals surface area contributed by atoms with Gasteiger partial charge in [0, 0.05) is 0 Å². The molecule has 0 aromatic rings. The average molecular weight is 283 g/mol. The summed E-state index contributed by atoms with van der Waals surface area (Å²) in [6.07, 6.45) is 14.5. The number of unbranched alkanes of at least 4 members (excludes halogenated alkanes) is 9. The molecule has 0 bridgehead atoms. The normalized spacial score (nSPS) is 17.2. The molecule has 1 fully saturated rings. The quantitative estimate of drug-likeness (QED) is 0.464. The zero-order valence-corrected chi connectivity index (χ0v) is 12.7. The Labute approximate surface area is 120 Å². The summed E-state index contributed by atoms with van der Waals surface area (Å²) in [5, 5.41) is 2.02. The van der Waals surface area contributed by atoms with E-state index in [1.54, 1.807) is 0 Å². The smallest absolute Gasteiger partial charge is 0.282 e. The minimum absolute atomic E-state index is 0.231. The Kier molecular flexibility index (Phi) is 8.63. The fourth-order valence-corrected chi connectivity index (χ4v) is 2.84. The van der Waals surface area contributed by atoms with Crippen molar-refractivity contribution in [1.82, 2.24) is 5.32 Å². The molecule has 1 N–H and O–H groups in total. The number of thioether (sulfide) groups is 1. The molecule has 0 spiro atoms. The topological polar surface area (TPSA) is 46.2 Å². The SMILES string of the molecule is CCCCCCCCCCC/C=C1\SC(=O)NC1=O.